The number of amides is 1. The Morgan fingerprint density at radius 1 is 0.562 bits per heavy atom. The molecular formula is C29H59NO2. The minimum Gasteiger partial charge on any atom is -0.391 e. The van der Waals surface area contributed by atoms with E-state index < -0.39 is 0 Å². The van der Waals surface area contributed by atoms with Crippen molar-refractivity contribution < 1.29 is 9.90 Å². The van der Waals surface area contributed by atoms with Crippen molar-refractivity contribution in [2.24, 2.45) is 0 Å². The highest BCUT2D eigenvalue weighted by atomic mass is 16.3. The van der Waals surface area contributed by atoms with Crippen LogP contribution >= 0.6 is 0 Å². The zero-order valence-electron chi connectivity index (χ0n) is 22.1. The molecule has 0 saturated carbocycles. The topological polar surface area (TPSA) is 49.3 Å². The van der Waals surface area contributed by atoms with Crippen molar-refractivity contribution in [1.29, 1.82) is 0 Å². The molecule has 192 valence electrons. The van der Waals surface area contributed by atoms with Crippen LogP contribution in [0.4, 0.5) is 0 Å². The van der Waals surface area contributed by atoms with Crippen molar-refractivity contribution in [2.75, 3.05) is 6.54 Å². The summed E-state index contributed by atoms with van der Waals surface area (Å²) in [5.41, 5.74) is 0. The Kier molecular flexibility index (Phi) is 26.2. The molecule has 1 atom stereocenters. The first kappa shape index (κ1) is 31.4. The van der Waals surface area contributed by atoms with Crippen LogP contribution in [0.5, 0.6) is 0 Å². The third kappa shape index (κ3) is 25.7. The number of carbonyl (C=O) groups excluding carboxylic acids is 1. The quantitative estimate of drug-likeness (QED) is 0.128. The number of rotatable bonds is 26. The summed E-state index contributed by atoms with van der Waals surface area (Å²) < 4.78 is 0. The molecule has 0 rings (SSSR count). The van der Waals surface area contributed by atoms with Gasteiger partial charge in [-0.1, -0.05) is 149 Å². The summed E-state index contributed by atoms with van der Waals surface area (Å²) in [5, 5.41) is 13.0. The number of aliphatic hydroxyl groups is 1. The molecule has 3 nitrogen and oxygen atoms in total. The van der Waals surface area contributed by atoms with Crippen LogP contribution in [0.2, 0.25) is 0 Å². The first-order valence-corrected chi connectivity index (χ1v) is 14.7. The standard InChI is InChI=1S/C29H59NO2/c1-3-5-7-9-11-13-14-15-16-18-19-21-23-25-28(31)27-30-29(32)26-24-22-20-17-12-10-8-6-4-2/h28,31H,3-27H2,1-2H3,(H,30,32)/t28-/m1/s1. The SMILES string of the molecule is CCCCCCCCCCCCCCC[C@@H](O)CNC(=O)CCCCCCCCCCC. The van der Waals surface area contributed by atoms with Crippen LogP contribution in [0, 0.1) is 0 Å². The summed E-state index contributed by atoms with van der Waals surface area (Å²) in [4.78, 5) is 11.9. The maximum absolute atomic E-state index is 11.9. The Labute approximate surface area is 201 Å². The second-order valence-corrected chi connectivity index (χ2v) is 10.1. The third-order valence-corrected chi connectivity index (χ3v) is 6.68. The summed E-state index contributed by atoms with van der Waals surface area (Å²) >= 11 is 0. The van der Waals surface area contributed by atoms with Gasteiger partial charge in [-0.25, -0.2) is 0 Å². The van der Waals surface area contributed by atoms with Gasteiger partial charge >= 0.3 is 0 Å². The zero-order valence-corrected chi connectivity index (χ0v) is 22.1. The van der Waals surface area contributed by atoms with Crippen LogP contribution in [-0.2, 0) is 4.79 Å². The van der Waals surface area contributed by atoms with Gasteiger partial charge in [0.2, 0.25) is 5.91 Å². The van der Waals surface area contributed by atoms with E-state index in [2.05, 4.69) is 19.2 Å². The fraction of sp³-hybridized carbons (Fsp3) is 0.966. The van der Waals surface area contributed by atoms with Crippen LogP contribution in [0.25, 0.3) is 0 Å². The van der Waals surface area contributed by atoms with E-state index in [4.69, 9.17) is 0 Å². The highest BCUT2D eigenvalue weighted by Crippen LogP contribution is 2.14. The van der Waals surface area contributed by atoms with E-state index in [0.29, 0.717) is 13.0 Å². The van der Waals surface area contributed by atoms with Gasteiger partial charge < -0.3 is 10.4 Å². The van der Waals surface area contributed by atoms with Crippen molar-refractivity contribution in [3.8, 4) is 0 Å². The monoisotopic (exact) mass is 453 g/mol. The first-order chi connectivity index (χ1) is 15.7. The minimum absolute atomic E-state index is 0.109. The summed E-state index contributed by atoms with van der Waals surface area (Å²) in [6.07, 6.45) is 30.0. The second-order valence-electron chi connectivity index (χ2n) is 10.1. The molecule has 0 aliphatic carbocycles. The van der Waals surface area contributed by atoms with E-state index >= 15 is 0 Å². The number of carbonyl (C=O) groups is 1. The molecule has 0 fully saturated rings. The molecule has 0 aliphatic heterocycles. The lowest BCUT2D eigenvalue weighted by Crippen LogP contribution is -2.31. The average Bonchev–Trinajstić information content (AvgIpc) is 2.79. The summed E-state index contributed by atoms with van der Waals surface area (Å²) in [7, 11) is 0. The van der Waals surface area contributed by atoms with Gasteiger partial charge in [0.1, 0.15) is 0 Å². The van der Waals surface area contributed by atoms with E-state index in [1.54, 1.807) is 0 Å². The number of unbranched alkanes of at least 4 members (excludes halogenated alkanes) is 20. The van der Waals surface area contributed by atoms with Crippen molar-refractivity contribution in [2.45, 2.75) is 174 Å². The Balaban J connectivity index is 3.28. The van der Waals surface area contributed by atoms with E-state index in [-0.39, 0.29) is 12.0 Å². The van der Waals surface area contributed by atoms with E-state index in [1.165, 1.54) is 122 Å². The molecule has 0 aromatic rings. The van der Waals surface area contributed by atoms with Gasteiger partial charge in [-0.15, -0.1) is 0 Å². The second kappa shape index (κ2) is 26.7. The summed E-state index contributed by atoms with van der Waals surface area (Å²) in [5.74, 6) is 0.109. The Bertz CT molecular complexity index is 372. The molecule has 32 heavy (non-hydrogen) atoms. The summed E-state index contributed by atoms with van der Waals surface area (Å²) in [6.45, 7) is 4.96. The van der Waals surface area contributed by atoms with Crippen LogP contribution in [0.1, 0.15) is 168 Å². The summed E-state index contributed by atoms with van der Waals surface area (Å²) in [6, 6.07) is 0. The van der Waals surface area contributed by atoms with Gasteiger partial charge in [-0.3, -0.25) is 4.79 Å². The van der Waals surface area contributed by atoms with Crippen LogP contribution in [0.15, 0.2) is 0 Å². The van der Waals surface area contributed by atoms with Gasteiger partial charge in [0, 0.05) is 13.0 Å². The lowest BCUT2D eigenvalue weighted by molar-refractivity contribution is -0.121. The molecule has 0 radical (unpaired) electrons. The van der Waals surface area contributed by atoms with Gasteiger partial charge in [0.15, 0.2) is 0 Å². The molecule has 0 aromatic carbocycles. The Morgan fingerprint density at radius 2 is 0.906 bits per heavy atom. The van der Waals surface area contributed by atoms with Crippen LogP contribution < -0.4 is 5.32 Å². The number of nitrogens with one attached hydrogen (secondary N) is 1. The van der Waals surface area contributed by atoms with Crippen molar-refractivity contribution in [3.05, 3.63) is 0 Å². The Hall–Kier alpha value is -0.570. The van der Waals surface area contributed by atoms with Gasteiger partial charge in [-0.2, -0.15) is 0 Å². The van der Waals surface area contributed by atoms with E-state index in [1.807, 2.05) is 0 Å². The highest BCUT2D eigenvalue weighted by molar-refractivity contribution is 5.75. The first-order valence-electron chi connectivity index (χ1n) is 14.7. The number of hydrogen-bond donors (Lipinski definition) is 2. The molecule has 3 heteroatoms. The maximum atomic E-state index is 11.9. The molecule has 0 spiro atoms. The molecule has 0 unspecified atom stereocenters. The molecule has 0 bridgehead atoms. The zero-order chi connectivity index (χ0) is 23.5. The Morgan fingerprint density at radius 3 is 1.31 bits per heavy atom. The minimum atomic E-state index is -0.380. The molecule has 0 aliphatic rings. The highest BCUT2D eigenvalue weighted by Gasteiger charge is 2.07. The lowest BCUT2D eigenvalue weighted by atomic mass is 10.0. The number of hydrogen-bond acceptors (Lipinski definition) is 2. The van der Waals surface area contributed by atoms with E-state index in [9.17, 15) is 9.90 Å². The molecule has 0 heterocycles. The number of aliphatic hydroxyl groups excluding tert-OH is 1. The fourth-order valence-electron chi connectivity index (χ4n) is 4.42. The van der Waals surface area contributed by atoms with Crippen molar-refractivity contribution in [3.63, 3.8) is 0 Å². The predicted octanol–water partition coefficient (Wildman–Crippen LogP) is 8.87. The van der Waals surface area contributed by atoms with Crippen LogP contribution in [-0.4, -0.2) is 23.7 Å². The van der Waals surface area contributed by atoms with E-state index in [0.717, 1.165) is 25.7 Å². The van der Waals surface area contributed by atoms with Crippen LogP contribution in [0.3, 0.4) is 0 Å². The molecule has 0 saturated heterocycles. The molecule has 2 N–H and O–H groups in total. The molecule has 0 aromatic heterocycles. The largest absolute Gasteiger partial charge is 0.391 e. The molecule has 1 amide bonds. The normalized spacial score (nSPS) is 12.2. The van der Waals surface area contributed by atoms with Crippen molar-refractivity contribution >= 4 is 5.91 Å². The van der Waals surface area contributed by atoms with Gasteiger partial charge in [0.25, 0.3) is 0 Å². The van der Waals surface area contributed by atoms with Crippen molar-refractivity contribution in [1.82, 2.24) is 5.32 Å². The van der Waals surface area contributed by atoms with Gasteiger partial charge in [-0.05, 0) is 12.8 Å². The molecular weight excluding hydrogens is 394 g/mol. The fourth-order valence-corrected chi connectivity index (χ4v) is 4.42. The smallest absolute Gasteiger partial charge is 0.220 e. The third-order valence-electron chi connectivity index (χ3n) is 6.68. The lowest BCUT2D eigenvalue weighted by Gasteiger charge is -2.12. The predicted molar refractivity (Wildman–Crippen MR) is 141 cm³/mol. The van der Waals surface area contributed by atoms with Gasteiger partial charge in [0.05, 0.1) is 6.10 Å². The maximum Gasteiger partial charge on any atom is 0.220 e. The average molecular weight is 454 g/mol.